The van der Waals surface area contributed by atoms with Gasteiger partial charge in [0, 0.05) is 28.9 Å². The molecule has 3 aromatic rings. The molecule has 0 saturated carbocycles. The smallest absolute Gasteiger partial charge is 0.142 e. The zero-order valence-corrected chi connectivity index (χ0v) is 12.6. The van der Waals surface area contributed by atoms with E-state index < -0.39 is 6.04 Å². The van der Waals surface area contributed by atoms with Gasteiger partial charge in [0.15, 0.2) is 0 Å². The van der Waals surface area contributed by atoms with E-state index in [2.05, 4.69) is 26.3 Å². The van der Waals surface area contributed by atoms with Gasteiger partial charge in [-0.25, -0.2) is 9.82 Å². The SMILES string of the molecule is NNC(c1cccc(Br)c1F)c1cncc2ccccc12. The highest BCUT2D eigenvalue weighted by atomic mass is 79.9. The first-order chi connectivity index (χ1) is 10.2. The van der Waals surface area contributed by atoms with Crippen LogP contribution < -0.4 is 11.3 Å². The number of nitrogens with one attached hydrogen (secondary N) is 1. The fraction of sp³-hybridized carbons (Fsp3) is 0.0625. The van der Waals surface area contributed by atoms with Gasteiger partial charge in [0.25, 0.3) is 0 Å². The average Bonchev–Trinajstić information content (AvgIpc) is 2.52. The van der Waals surface area contributed by atoms with Gasteiger partial charge in [-0.3, -0.25) is 10.8 Å². The van der Waals surface area contributed by atoms with Crippen molar-refractivity contribution in [3.63, 3.8) is 0 Å². The number of nitrogens with two attached hydrogens (primary N) is 1. The van der Waals surface area contributed by atoms with Gasteiger partial charge in [-0.2, -0.15) is 0 Å². The molecule has 0 radical (unpaired) electrons. The van der Waals surface area contributed by atoms with E-state index in [0.717, 1.165) is 16.3 Å². The molecule has 1 heterocycles. The summed E-state index contributed by atoms with van der Waals surface area (Å²) in [5.41, 5.74) is 4.01. The third-order valence-corrected chi connectivity index (χ3v) is 4.08. The topological polar surface area (TPSA) is 50.9 Å². The van der Waals surface area contributed by atoms with Crippen LogP contribution in [0.4, 0.5) is 4.39 Å². The van der Waals surface area contributed by atoms with Crippen molar-refractivity contribution in [2.75, 3.05) is 0 Å². The van der Waals surface area contributed by atoms with Crippen molar-refractivity contribution >= 4 is 26.7 Å². The monoisotopic (exact) mass is 345 g/mol. The van der Waals surface area contributed by atoms with Gasteiger partial charge in [-0.1, -0.05) is 36.4 Å². The average molecular weight is 346 g/mol. The lowest BCUT2D eigenvalue weighted by Gasteiger charge is -2.19. The molecule has 3 rings (SSSR count). The molecule has 0 aliphatic heterocycles. The molecular formula is C16H13BrFN3. The first-order valence-electron chi connectivity index (χ1n) is 6.45. The van der Waals surface area contributed by atoms with Crippen LogP contribution in [0.1, 0.15) is 17.2 Å². The van der Waals surface area contributed by atoms with Crippen molar-refractivity contribution in [2.24, 2.45) is 5.84 Å². The zero-order valence-electron chi connectivity index (χ0n) is 11.1. The molecule has 1 aromatic heterocycles. The molecule has 0 aliphatic carbocycles. The minimum Gasteiger partial charge on any atom is -0.271 e. The molecule has 1 atom stereocenters. The molecule has 1 unspecified atom stereocenters. The molecule has 3 N–H and O–H groups in total. The fourth-order valence-electron chi connectivity index (χ4n) is 2.46. The molecular weight excluding hydrogens is 333 g/mol. The highest BCUT2D eigenvalue weighted by Crippen LogP contribution is 2.31. The van der Waals surface area contributed by atoms with Crippen LogP contribution in [-0.4, -0.2) is 4.98 Å². The molecule has 0 spiro atoms. The van der Waals surface area contributed by atoms with Crippen LogP contribution in [-0.2, 0) is 0 Å². The lowest BCUT2D eigenvalue weighted by atomic mass is 9.96. The standard InChI is InChI=1S/C16H13BrFN3/c17-14-7-3-6-12(15(14)18)16(21-19)13-9-20-8-10-4-1-2-5-11(10)13/h1-9,16,21H,19H2. The minimum atomic E-state index is -0.471. The van der Waals surface area contributed by atoms with Crippen LogP contribution in [0.5, 0.6) is 0 Å². The highest BCUT2D eigenvalue weighted by Gasteiger charge is 2.20. The van der Waals surface area contributed by atoms with Crippen molar-refractivity contribution in [3.05, 3.63) is 76.3 Å². The summed E-state index contributed by atoms with van der Waals surface area (Å²) in [6, 6.07) is 12.5. The summed E-state index contributed by atoms with van der Waals surface area (Å²) in [5, 5.41) is 1.99. The second kappa shape index (κ2) is 5.89. The zero-order chi connectivity index (χ0) is 14.8. The summed E-state index contributed by atoms with van der Waals surface area (Å²) in [5.74, 6) is 5.36. The van der Waals surface area contributed by atoms with Crippen molar-refractivity contribution < 1.29 is 4.39 Å². The second-order valence-corrected chi connectivity index (χ2v) is 5.55. The Bertz CT molecular complexity index is 786. The van der Waals surface area contributed by atoms with Crippen molar-refractivity contribution in [3.8, 4) is 0 Å². The Balaban J connectivity index is 2.21. The normalized spacial score (nSPS) is 12.5. The summed E-state index contributed by atoms with van der Waals surface area (Å²) in [4.78, 5) is 4.23. The number of benzene rings is 2. The predicted octanol–water partition coefficient (Wildman–Crippen LogP) is 3.69. The Morgan fingerprint density at radius 3 is 2.67 bits per heavy atom. The first kappa shape index (κ1) is 14.1. The lowest BCUT2D eigenvalue weighted by Crippen LogP contribution is -2.29. The molecule has 0 bridgehead atoms. The van der Waals surface area contributed by atoms with E-state index in [1.54, 1.807) is 30.6 Å². The number of pyridine rings is 1. The highest BCUT2D eigenvalue weighted by molar-refractivity contribution is 9.10. The molecule has 0 amide bonds. The van der Waals surface area contributed by atoms with Crippen LogP contribution in [0, 0.1) is 5.82 Å². The maximum Gasteiger partial charge on any atom is 0.142 e. The summed E-state index contributed by atoms with van der Waals surface area (Å²) in [6.45, 7) is 0. The van der Waals surface area contributed by atoms with Crippen LogP contribution in [0.25, 0.3) is 10.8 Å². The molecule has 0 aliphatic rings. The van der Waals surface area contributed by atoms with Gasteiger partial charge in [0.1, 0.15) is 5.82 Å². The molecule has 21 heavy (non-hydrogen) atoms. The van der Waals surface area contributed by atoms with Gasteiger partial charge in [-0.05, 0) is 27.4 Å². The number of hydrazine groups is 1. The number of nitrogens with zero attached hydrogens (tertiary/aromatic N) is 1. The number of halogens is 2. The molecule has 0 fully saturated rings. The quantitative estimate of drug-likeness (QED) is 0.562. The summed E-state index contributed by atoms with van der Waals surface area (Å²) in [6.07, 6.45) is 3.50. The van der Waals surface area contributed by atoms with E-state index in [4.69, 9.17) is 5.84 Å². The number of hydrogen-bond acceptors (Lipinski definition) is 3. The summed E-state index contributed by atoms with van der Waals surface area (Å²) < 4.78 is 14.8. The van der Waals surface area contributed by atoms with Crippen molar-refractivity contribution in [1.29, 1.82) is 0 Å². The van der Waals surface area contributed by atoms with E-state index in [1.807, 2.05) is 24.3 Å². The van der Waals surface area contributed by atoms with E-state index in [1.165, 1.54) is 0 Å². The Morgan fingerprint density at radius 1 is 1.05 bits per heavy atom. The summed E-state index contributed by atoms with van der Waals surface area (Å²) >= 11 is 3.21. The van der Waals surface area contributed by atoms with E-state index >= 15 is 0 Å². The third kappa shape index (κ3) is 2.55. The molecule has 0 saturated heterocycles. The minimum absolute atomic E-state index is 0.326. The number of fused-ring (bicyclic) bond motifs is 1. The van der Waals surface area contributed by atoms with Gasteiger partial charge >= 0.3 is 0 Å². The van der Waals surface area contributed by atoms with Crippen LogP contribution >= 0.6 is 15.9 Å². The maximum absolute atomic E-state index is 14.4. The van der Waals surface area contributed by atoms with Gasteiger partial charge in [0.05, 0.1) is 10.5 Å². The van der Waals surface area contributed by atoms with Crippen molar-refractivity contribution in [2.45, 2.75) is 6.04 Å². The maximum atomic E-state index is 14.4. The van der Waals surface area contributed by atoms with Gasteiger partial charge < -0.3 is 0 Å². The predicted molar refractivity (Wildman–Crippen MR) is 85.0 cm³/mol. The number of rotatable bonds is 3. The molecule has 5 heteroatoms. The molecule has 3 nitrogen and oxygen atoms in total. The first-order valence-corrected chi connectivity index (χ1v) is 7.24. The Labute approximate surface area is 130 Å². The Hall–Kier alpha value is -1.82. The van der Waals surface area contributed by atoms with E-state index in [0.29, 0.717) is 10.0 Å². The van der Waals surface area contributed by atoms with Crippen LogP contribution in [0.2, 0.25) is 0 Å². The lowest BCUT2D eigenvalue weighted by molar-refractivity contribution is 0.557. The van der Waals surface area contributed by atoms with E-state index in [9.17, 15) is 4.39 Å². The molecule has 106 valence electrons. The van der Waals surface area contributed by atoms with Gasteiger partial charge in [0.2, 0.25) is 0 Å². The molecule has 2 aromatic carbocycles. The second-order valence-electron chi connectivity index (χ2n) is 4.69. The van der Waals surface area contributed by atoms with Crippen molar-refractivity contribution in [1.82, 2.24) is 10.4 Å². The third-order valence-electron chi connectivity index (χ3n) is 3.47. The van der Waals surface area contributed by atoms with Crippen LogP contribution in [0.3, 0.4) is 0 Å². The number of hydrogen-bond donors (Lipinski definition) is 2. The Morgan fingerprint density at radius 2 is 1.86 bits per heavy atom. The van der Waals surface area contributed by atoms with E-state index in [-0.39, 0.29) is 5.82 Å². The number of aromatic nitrogens is 1. The fourth-order valence-corrected chi connectivity index (χ4v) is 2.84. The van der Waals surface area contributed by atoms with Gasteiger partial charge in [-0.15, -0.1) is 0 Å². The Kier molecular flexibility index (Phi) is 3.96. The largest absolute Gasteiger partial charge is 0.271 e. The summed E-state index contributed by atoms with van der Waals surface area (Å²) in [7, 11) is 0. The van der Waals surface area contributed by atoms with Crippen LogP contribution in [0.15, 0.2) is 59.3 Å².